The van der Waals surface area contributed by atoms with Gasteiger partial charge in [0.2, 0.25) is 0 Å². The molecule has 6 nitrogen and oxygen atoms in total. The van der Waals surface area contributed by atoms with Crippen molar-refractivity contribution >= 4 is 11.6 Å². The zero-order valence-corrected chi connectivity index (χ0v) is 9.19. The van der Waals surface area contributed by atoms with Crippen molar-refractivity contribution in [1.82, 2.24) is 19.4 Å². The molecule has 18 heavy (non-hydrogen) atoms. The number of hydrogen-bond donors (Lipinski definition) is 1. The minimum atomic E-state index is -1.06. The predicted octanol–water partition coefficient (Wildman–Crippen LogP) is 1.49. The zero-order valence-electron chi connectivity index (χ0n) is 9.19. The van der Waals surface area contributed by atoms with Crippen molar-refractivity contribution < 1.29 is 9.90 Å². The molecule has 0 saturated heterocycles. The number of fused-ring (bicyclic) bond motifs is 1. The molecular weight excluding hydrogens is 232 g/mol. The summed E-state index contributed by atoms with van der Waals surface area (Å²) in [6.07, 6.45) is 7.96. The monoisotopic (exact) mass is 240 g/mol. The van der Waals surface area contributed by atoms with Gasteiger partial charge in [0.15, 0.2) is 5.69 Å². The first-order valence-corrected chi connectivity index (χ1v) is 5.22. The van der Waals surface area contributed by atoms with E-state index in [0.717, 1.165) is 11.1 Å². The zero-order chi connectivity index (χ0) is 12.5. The number of imidazole rings is 1. The van der Waals surface area contributed by atoms with Gasteiger partial charge in [0.25, 0.3) is 0 Å². The molecule has 0 amide bonds. The lowest BCUT2D eigenvalue weighted by Crippen LogP contribution is -1.95. The molecule has 3 aromatic rings. The van der Waals surface area contributed by atoms with Gasteiger partial charge in [0.1, 0.15) is 12.0 Å². The first kappa shape index (κ1) is 10.4. The summed E-state index contributed by atoms with van der Waals surface area (Å²) in [7, 11) is 0. The number of aromatic nitrogens is 4. The predicted molar refractivity (Wildman–Crippen MR) is 63.2 cm³/mol. The molecule has 0 aromatic carbocycles. The smallest absolute Gasteiger partial charge is 0.356 e. The minimum absolute atomic E-state index is 0.00157. The van der Waals surface area contributed by atoms with E-state index in [2.05, 4.69) is 15.0 Å². The largest absolute Gasteiger partial charge is 0.476 e. The van der Waals surface area contributed by atoms with E-state index in [4.69, 9.17) is 5.11 Å². The summed E-state index contributed by atoms with van der Waals surface area (Å²) in [5.74, 6) is -1.06. The topological polar surface area (TPSA) is 80.4 Å². The lowest BCUT2D eigenvalue weighted by atomic mass is 10.1. The average Bonchev–Trinajstić information content (AvgIpc) is 2.83. The fourth-order valence-electron chi connectivity index (χ4n) is 1.76. The van der Waals surface area contributed by atoms with Crippen LogP contribution < -0.4 is 0 Å². The highest BCUT2D eigenvalue weighted by molar-refractivity contribution is 5.88. The highest BCUT2D eigenvalue weighted by atomic mass is 16.4. The van der Waals surface area contributed by atoms with Crippen LogP contribution in [-0.2, 0) is 0 Å². The van der Waals surface area contributed by atoms with Gasteiger partial charge >= 0.3 is 5.97 Å². The van der Waals surface area contributed by atoms with Crippen molar-refractivity contribution in [2.45, 2.75) is 0 Å². The average molecular weight is 240 g/mol. The van der Waals surface area contributed by atoms with Gasteiger partial charge < -0.3 is 5.11 Å². The van der Waals surface area contributed by atoms with E-state index >= 15 is 0 Å². The van der Waals surface area contributed by atoms with E-state index in [-0.39, 0.29) is 5.69 Å². The van der Waals surface area contributed by atoms with Crippen molar-refractivity contribution in [3.63, 3.8) is 0 Å². The molecule has 0 aliphatic heterocycles. The second kappa shape index (κ2) is 3.92. The molecule has 0 bridgehead atoms. The molecule has 0 unspecified atom stereocenters. The molecule has 6 heteroatoms. The molecule has 0 radical (unpaired) electrons. The maximum Gasteiger partial charge on any atom is 0.356 e. The van der Waals surface area contributed by atoms with Crippen molar-refractivity contribution in [2.75, 3.05) is 0 Å². The summed E-state index contributed by atoms with van der Waals surface area (Å²) in [6.45, 7) is 0. The van der Waals surface area contributed by atoms with Gasteiger partial charge in [-0.3, -0.25) is 9.38 Å². The van der Waals surface area contributed by atoms with Gasteiger partial charge in [0.05, 0.1) is 0 Å². The molecule has 3 rings (SSSR count). The quantitative estimate of drug-likeness (QED) is 0.734. The van der Waals surface area contributed by atoms with Crippen LogP contribution in [0.15, 0.2) is 43.2 Å². The Morgan fingerprint density at radius 3 is 2.72 bits per heavy atom. The third kappa shape index (κ3) is 1.60. The number of carboxylic acid groups (broad SMARTS) is 1. The molecule has 0 fully saturated rings. The van der Waals surface area contributed by atoms with Crippen LogP contribution in [0.2, 0.25) is 0 Å². The Hall–Kier alpha value is -2.76. The maximum atomic E-state index is 10.9. The molecule has 0 saturated carbocycles. The third-order valence-corrected chi connectivity index (χ3v) is 2.58. The van der Waals surface area contributed by atoms with Crippen LogP contribution in [0.3, 0.4) is 0 Å². The van der Waals surface area contributed by atoms with Crippen LogP contribution in [0, 0.1) is 0 Å². The Bertz CT molecular complexity index is 721. The van der Waals surface area contributed by atoms with E-state index in [1.54, 1.807) is 23.0 Å². The lowest BCUT2D eigenvalue weighted by molar-refractivity contribution is 0.0691. The highest BCUT2D eigenvalue weighted by Gasteiger charge is 2.12. The lowest BCUT2D eigenvalue weighted by Gasteiger charge is -2.01. The normalized spacial score (nSPS) is 10.7. The Balaban J connectivity index is 2.27. The number of carboxylic acids is 1. The van der Waals surface area contributed by atoms with E-state index in [1.165, 1.54) is 12.5 Å². The number of pyridine rings is 1. The molecule has 0 aliphatic rings. The van der Waals surface area contributed by atoms with Crippen molar-refractivity contribution in [3.05, 3.63) is 48.9 Å². The van der Waals surface area contributed by atoms with E-state index in [1.807, 2.05) is 12.1 Å². The van der Waals surface area contributed by atoms with E-state index in [9.17, 15) is 4.79 Å². The third-order valence-electron chi connectivity index (χ3n) is 2.58. The van der Waals surface area contributed by atoms with Gasteiger partial charge in [0, 0.05) is 30.4 Å². The fourth-order valence-corrected chi connectivity index (χ4v) is 1.76. The maximum absolute atomic E-state index is 10.9. The standard InChI is InChI=1S/C12H8N4O2/c17-12(18)10-6-16-7-14-5-9(11(16)15-10)8-1-3-13-4-2-8/h1-7H,(H,17,18). The molecular formula is C12H8N4O2. The summed E-state index contributed by atoms with van der Waals surface area (Å²) in [4.78, 5) is 23.0. The number of carbonyl (C=O) groups is 1. The van der Waals surface area contributed by atoms with Gasteiger partial charge in [-0.25, -0.2) is 14.8 Å². The highest BCUT2D eigenvalue weighted by Crippen LogP contribution is 2.22. The van der Waals surface area contributed by atoms with Crippen LogP contribution in [-0.4, -0.2) is 30.4 Å². The summed E-state index contributed by atoms with van der Waals surface area (Å²) in [5, 5.41) is 8.94. The van der Waals surface area contributed by atoms with Crippen LogP contribution >= 0.6 is 0 Å². The van der Waals surface area contributed by atoms with E-state index in [0.29, 0.717) is 5.65 Å². The molecule has 88 valence electrons. The van der Waals surface area contributed by atoms with Crippen LogP contribution in [0.25, 0.3) is 16.8 Å². The van der Waals surface area contributed by atoms with Crippen molar-refractivity contribution in [1.29, 1.82) is 0 Å². The van der Waals surface area contributed by atoms with Gasteiger partial charge in [-0.15, -0.1) is 0 Å². The molecule has 0 atom stereocenters. The molecule has 0 spiro atoms. The number of rotatable bonds is 2. The van der Waals surface area contributed by atoms with E-state index < -0.39 is 5.97 Å². The van der Waals surface area contributed by atoms with Gasteiger partial charge in [-0.05, 0) is 17.7 Å². The summed E-state index contributed by atoms with van der Waals surface area (Å²) in [5.41, 5.74) is 2.23. The first-order chi connectivity index (χ1) is 8.75. The Labute approximate surface area is 102 Å². The fraction of sp³-hybridized carbons (Fsp3) is 0. The second-order valence-corrected chi connectivity index (χ2v) is 3.71. The molecule has 0 aliphatic carbocycles. The van der Waals surface area contributed by atoms with Crippen molar-refractivity contribution in [3.8, 4) is 11.1 Å². The Kier molecular flexibility index (Phi) is 2.26. The van der Waals surface area contributed by atoms with Crippen molar-refractivity contribution in [2.24, 2.45) is 0 Å². The Morgan fingerprint density at radius 2 is 2.00 bits per heavy atom. The number of hydrogen-bond acceptors (Lipinski definition) is 4. The number of aromatic carboxylic acids is 1. The summed E-state index contributed by atoms with van der Waals surface area (Å²) >= 11 is 0. The SMILES string of the molecule is O=C(O)c1cn2cncc(-c3ccncc3)c2n1. The molecule has 3 aromatic heterocycles. The first-order valence-electron chi connectivity index (χ1n) is 5.22. The van der Waals surface area contributed by atoms with Crippen LogP contribution in [0.5, 0.6) is 0 Å². The molecule has 1 N–H and O–H groups in total. The molecule has 3 heterocycles. The summed E-state index contributed by atoms with van der Waals surface area (Å²) < 4.78 is 1.60. The number of nitrogens with zero attached hydrogens (tertiary/aromatic N) is 4. The summed E-state index contributed by atoms with van der Waals surface area (Å²) in [6, 6.07) is 3.65. The van der Waals surface area contributed by atoms with Gasteiger partial charge in [-0.2, -0.15) is 0 Å². The Morgan fingerprint density at radius 1 is 1.22 bits per heavy atom. The van der Waals surface area contributed by atoms with Crippen LogP contribution in [0.4, 0.5) is 0 Å². The van der Waals surface area contributed by atoms with Crippen LogP contribution in [0.1, 0.15) is 10.5 Å². The second-order valence-electron chi connectivity index (χ2n) is 3.71. The van der Waals surface area contributed by atoms with Gasteiger partial charge in [-0.1, -0.05) is 0 Å². The minimum Gasteiger partial charge on any atom is -0.476 e.